The van der Waals surface area contributed by atoms with E-state index in [0.717, 1.165) is 11.3 Å². The van der Waals surface area contributed by atoms with E-state index >= 15 is 0 Å². The van der Waals surface area contributed by atoms with Gasteiger partial charge in [0.05, 0.1) is 11.0 Å². The van der Waals surface area contributed by atoms with Gasteiger partial charge in [0.1, 0.15) is 11.6 Å². The van der Waals surface area contributed by atoms with Gasteiger partial charge in [-0.1, -0.05) is 0 Å². The van der Waals surface area contributed by atoms with E-state index in [-0.39, 0.29) is 5.82 Å². The molecule has 0 unspecified atom stereocenters. The van der Waals surface area contributed by atoms with Gasteiger partial charge in [-0.2, -0.15) is 12.6 Å². The fourth-order valence-electron chi connectivity index (χ4n) is 1.81. The van der Waals surface area contributed by atoms with Crippen molar-refractivity contribution < 1.29 is 4.39 Å². The minimum atomic E-state index is -0.248. The molecule has 0 fully saturated rings. The van der Waals surface area contributed by atoms with Crippen LogP contribution in [0, 0.1) is 5.82 Å². The first-order valence-electron chi connectivity index (χ1n) is 4.90. The number of imidazole rings is 1. The number of halogens is 1. The third-order valence-corrected chi connectivity index (χ3v) is 2.67. The normalized spacial score (nSPS) is 11.5. The van der Waals surface area contributed by atoms with Crippen LogP contribution in [0.5, 0.6) is 0 Å². The summed E-state index contributed by atoms with van der Waals surface area (Å²) in [6, 6.07) is 5.00. The molecular formula is C11H13FN2S. The molecule has 1 heterocycles. The molecule has 15 heavy (non-hydrogen) atoms. The molecule has 0 radical (unpaired) electrons. The average molecular weight is 224 g/mol. The van der Waals surface area contributed by atoms with Crippen molar-refractivity contribution in [3.8, 4) is 0 Å². The van der Waals surface area contributed by atoms with E-state index in [9.17, 15) is 4.39 Å². The molecule has 0 aliphatic heterocycles. The van der Waals surface area contributed by atoms with Crippen LogP contribution in [-0.4, -0.2) is 9.55 Å². The molecule has 1 aromatic heterocycles. The van der Waals surface area contributed by atoms with Gasteiger partial charge in [0.2, 0.25) is 0 Å². The molecule has 0 aliphatic rings. The van der Waals surface area contributed by atoms with Crippen molar-refractivity contribution in [1.82, 2.24) is 9.55 Å². The van der Waals surface area contributed by atoms with Crippen LogP contribution in [-0.2, 0) is 5.75 Å². The van der Waals surface area contributed by atoms with Gasteiger partial charge >= 0.3 is 0 Å². The van der Waals surface area contributed by atoms with E-state index in [2.05, 4.69) is 36.0 Å². The lowest BCUT2D eigenvalue weighted by molar-refractivity contribution is 0.597. The van der Waals surface area contributed by atoms with E-state index in [1.165, 1.54) is 12.1 Å². The molecule has 0 saturated carbocycles. The van der Waals surface area contributed by atoms with E-state index in [4.69, 9.17) is 0 Å². The Balaban J connectivity index is 2.74. The van der Waals surface area contributed by atoms with Crippen molar-refractivity contribution in [3.05, 3.63) is 29.8 Å². The summed E-state index contributed by atoms with van der Waals surface area (Å²) in [5.41, 5.74) is 1.67. The smallest absolute Gasteiger partial charge is 0.125 e. The summed E-state index contributed by atoms with van der Waals surface area (Å²) >= 11 is 4.23. The van der Waals surface area contributed by atoms with Gasteiger partial charge in [-0.05, 0) is 26.0 Å². The van der Waals surface area contributed by atoms with Crippen LogP contribution in [0.1, 0.15) is 25.7 Å². The SMILES string of the molecule is CC(C)n1c(CS)nc2cc(F)ccc21. The van der Waals surface area contributed by atoms with Gasteiger partial charge in [-0.25, -0.2) is 9.37 Å². The Morgan fingerprint density at radius 2 is 2.20 bits per heavy atom. The summed E-state index contributed by atoms with van der Waals surface area (Å²) in [5, 5.41) is 0. The van der Waals surface area contributed by atoms with Crippen LogP contribution in [0.25, 0.3) is 11.0 Å². The molecule has 2 nitrogen and oxygen atoms in total. The van der Waals surface area contributed by atoms with Gasteiger partial charge in [0, 0.05) is 17.9 Å². The number of hydrogen-bond acceptors (Lipinski definition) is 2. The maximum absolute atomic E-state index is 13.0. The summed E-state index contributed by atoms with van der Waals surface area (Å²) in [6.07, 6.45) is 0. The Kier molecular flexibility index (Phi) is 2.69. The van der Waals surface area contributed by atoms with Crippen molar-refractivity contribution in [2.24, 2.45) is 0 Å². The lowest BCUT2D eigenvalue weighted by Crippen LogP contribution is -2.04. The first-order chi connectivity index (χ1) is 7.13. The van der Waals surface area contributed by atoms with Crippen LogP contribution in [0.2, 0.25) is 0 Å². The molecule has 0 bridgehead atoms. The quantitative estimate of drug-likeness (QED) is 0.776. The zero-order valence-corrected chi connectivity index (χ0v) is 9.63. The lowest BCUT2D eigenvalue weighted by Gasteiger charge is -2.11. The largest absolute Gasteiger partial charge is 0.325 e. The van der Waals surface area contributed by atoms with Crippen molar-refractivity contribution in [2.75, 3.05) is 0 Å². The number of thiol groups is 1. The fraction of sp³-hybridized carbons (Fsp3) is 0.364. The lowest BCUT2D eigenvalue weighted by atomic mass is 10.3. The summed E-state index contributed by atoms with van der Waals surface area (Å²) in [7, 11) is 0. The maximum atomic E-state index is 13.0. The second-order valence-electron chi connectivity index (χ2n) is 3.78. The van der Waals surface area contributed by atoms with Crippen LogP contribution in [0.15, 0.2) is 18.2 Å². The van der Waals surface area contributed by atoms with E-state index < -0.39 is 0 Å². The molecular weight excluding hydrogens is 211 g/mol. The van der Waals surface area contributed by atoms with E-state index in [1.54, 1.807) is 6.07 Å². The monoisotopic (exact) mass is 224 g/mol. The van der Waals surface area contributed by atoms with Crippen molar-refractivity contribution in [3.63, 3.8) is 0 Å². The molecule has 4 heteroatoms. The number of rotatable bonds is 2. The molecule has 1 aromatic carbocycles. The molecule has 0 atom stereocenters. The van der Waals surface area contributed by atoms with Crippen LogP contribution < -0.4 is 0 Å². The molecule has 0 spiro atoms. The fourth-order valence-corrected chi connectivity index (χ4v) is 2.03. The first kappa shape index (κ1) is 10.5. The molecule has 0 aliphatic carbocycles. The van der Waals surface area contributed by atoms with Crippen molar-refractivity contribution in [1.29, 1.82) is 0 Å². The highest BCUT2D eigenvalue weighted by molar-refractivity contribution is 7.79. The third-order valence-electron chi connectivity index (χ3n) is 2.38. The molecule has 80 valence electrons. The highest BCUT2D eigenvalue weighted by atomic mass is 32.1. The van der Waals surface area contributed by atoms with Crippen molar-refractivity contribution in [2.45, 2.75) is 25.6 Å². The van der Waals surface area contributed by atoms with Crippen LogP contribution in [0.3, 0.4) is 0 Å². The van der Waals surface area contributed by atoms with Crippen LogP contribution >= 0.6 is 12.6 Å². The molecule has 0 N–H and O–H groups in total. The second-order valence-corrected chi connectivity index (χ2v) is 4.10. The highest BCUT2D eigenvalue weighted by Crippen LogP contribution is 2.22. The Labute approximate surface area is 93.5 Å². The van der Waals surface area contributed by atoms with Crippen molar-refractivity contribution >= 4 is 23.7 Å². The minimum absolute atomic E-state index is 0.248. The molecule has 2 aromatic rings. The minimum Gasteiger partial charge on any atom is -0.325 e. The maximum Gasteiger partial charge on any atom is 0.125 e. The Hall–Kier alpha value is -1.03. The van der Waals surface area contributed by atoms with E-state index in [1.807, 2.05) is 0 Å². The Bertz CT molecular complexity index is 491. The van der Waals surface area contributed by atoms with Gasteiger partial charge in [0.25, 0.3) is 0 Å². The molecule has 2 rings (SSSR count). The Morgan fingerprint density at radius 1 is 1.47 bits per heavy atom. The standard InChI is InChI=1S/C11H13FN2S/c1-7(2)14-10-4-3-8(12)5-9(10)13-11(14)6-15/h3-5,7,15H,6H2,1-2H3. The topological polar surface area (TPSA) is 17.8 Å². The molecule has 0 amide bonds. The van der Waals surface area contributed by atoms with Gasteiger partial charge in [0.15, 0.2) is 0 Å². The summed E-state index contributed by atoms with van der Waals surface area (Å²) < 4.78 is 15.1. The predicted molar refractivity (Wildman–Crippen MR) is 62.8 cm³/mol. The van der Waals surface area contributed by atoms with Gasteiger partial charge in [-0.3, -0.25) is 0 Å². The third kappa shape index (κ3) is 1.74. The number of hydrogen-bond donors (Lipinski definition) is 1. The Morgan fingerprint density at radius 3 is 2.80 bits per heavy atom. The van der Waals surface area contributed by atoms with Gasteiger partial charge < -0.3 is 4.57 Å². The number of aromatic nitrogens is 2. The summed E-state index contributed by atoms with van der Waals surface area (Å²) in [4.78, 5) is 4.36. The second kappa shape index (κ2) is 3.85. The van der Waals surface area contributed by atoms with E-state index in [0.29, 0.717) is 17.3 Å². The average Bonchev–Trinajstić information content (AvgIpc) is 2.54. The van der Waals surface area contributed by atoms with Gasteiger partial charge in [-0.15, -0.1) is 0 Å². The molecule has 0 saturated heterocycles. The van der Waals surface area contributed by atoms with Crippen LogP contribution in [0.4, 0.5) is 4.39 Å². The number of fused-ring (bicyclic) bond motifs is 1. The summed E-state index contributed by atoms with van der Waals surface area (Å²) in [5.74, 6) is 1.20. The highest BCUT2D eigenvalue weighted by Gasteiger charge is 2.12. The zero-order valence-electron chi connectivity index (χ0n) is 8.74. The first-order valence-corrected chi connectivity index (χ1v) is 5.54. The predicted octanol–water partition coefficient (Wildman–Crippen LogP) is 3.19. The number of nitrogens with zero attached hydrogens (tertiary/aromatic N) is 2. The number of benzene rings is 1. The summed E-state index contributed by atoms with van der Waals surface area (Å²) in [6.45, 7) is 4.16. The zero-order chi connectivity index (χ0) is 11.0.